The molecular formula is C16H29ClO. The van der Waals surface area contributed by atoms with Crippen LogP contribution < -0.4 is 0 Å². The predicted molar refractivity (Wildman–Crippen MR) is 78.2 cm³/mol. The summed E-state index contributed by atoms with van der Waals surface area (Å²) in [7, 11) is 0. The van der Waals surface area contributed by atoms with Crippen molar-refractivity contribution in [1.82, 2.24) is 0 Å². The molecule has 1 nitrogen and oxygen atoms in total. The standard InChI is InChI=1S/C16H29ClO/c1-12(2)10-13(3)18-15-11-14(17)16(15)8-6-4-5-7-9-16/h12-15H,4-11H2,1-3H3. The zero-order chi connectivity index (χ0) is 13.2. The SMILES string of the molecule is CC(C)CC(C)OC1CC(Cl)C12CCCCCC2. The highest BCUT2D eigenvalue weighted by Gasteiger charge is 2.54. The molecule has 2 rings (SSSR count). The van der Waals surface area contributed by atoms with E-state index >= 15 is 0 Å². The maximum atomic E-state index is 6.56. The zero-order valence-corrected chi connectivity index (χ0v) is 13.0. The number of halogens is 1. The van der Waals surface area contributed by atoms with Gasteiger partial charge in [-0.2, -0.15) is 0 Å². The Labute approximate surface area is 118 Å². The van der Waals surface area contributed by atoms with Crippen molar-refractivity contribution in [2.75, 3.05) is 0 Å². The lowest BCUT2D eigenvalue weighted by molar-refractivity contribution is -0.144. The zero-order valence-electron chi connectivity index (χ0n) is 12.3. The molecule has 106 valence electrons. The topological polar surface area (TPSA) is 9.23 Å². The highest BCUT2D eigenvalue weighted by molar-refractivity contribution is 6.21. The van der Waals surface area contributed by atoms with E-state index in [1.165, 1.54) is 44.9 Å². The minimum Gasteiger partial charge on any atom is -0.375 e. The minimum atomic E-state index is 0.323. The summed E-state index contributed by atoms with van der Waals surface area (Å²) in [5.74, 6) is 0.719. The molecule has 3 atom stereocenters. The van der Waals surface area contributed by atoms with E-state index in [1.54, 1.807) is 0 Å². The van der Waals surface area contributed by atoms with Crippen molar-refractivity contribution in [3.63, 3.8) is 0 Å². The number of alkyl halides is 1. The molecule has 2 aliphatic rings. The Morgan fingerprint density at radius 3 is 2.22 bits per heavy atom. The molecule has 0 N–H and O–H groups in total. The molecule has 0 saturated heterocycles. The molecule has 0 aromatic carbocycles. The third kappa shape index (κ3) is 3.04. The molecule has 2 saturated carbocycles. The molecule has 0 aromatic heterocycles. The van der Waals surface area contributed by atoms with Gasteiger partial charge in [0.15, 0.2) is 0 Å². The molecule has 3 unspecified atom stereocenters. The highest BCUT2D eigenvalue weighted by atomic mass is 35.5. The van der Waals surface area contributed by atoms with Crippen LogP contribution in [-0.2, 0) is 4.74 Å². The van der Waals surface area contributed by atoms with Gasteiger partial charge >= 0.3 is 0 Å². The molecule has 0 aliphatic heterocycles. The Hall–Kier alpha value is 0.250. The van der Waals surface area contributed by atoms with Crippen LogP contribution in [0.5, 0.6) is 0 Å². The molecule has 2 heteroatoms. The van der Waals surface area contributed by atoms with Gasteiger partial charge < -0.3 is 4.74 Å². The van der Waals surface area contributed by atoms with Gasteiger partial charge in [-0.3, -0.25) is 0 Å². The van der Waals surface area contributed by atoms with Crippen LogP contribution in [0.4, 0.5) is 0 Å². The second-order valence-electron chi connectivity index (χ2n) is 6.92. The molecule has 2 aliphatic carbocycles. The third-order valence-electron chi connectivity index (χ3n) is 4.92. The first-order valence-electron chi connectivity index (χ1n) is 7.84. The summed E-state index contributed by atoms with van der Waals surface area (Å²) in [6, 6.07) is 0. The first-order valence-corrected chi connectivity index (χ1v) is 8.28. The minimum absolute atomic E-state index is 0.323. The Morgan fingerprint density at radius 2 is 1.72 bits per heavy atom. The van der Waals surface area contributed by atoms with E-state index in [4.69, 9.17) is 16.3 Å². The van der Waals surface area contributed by atoms with E-state index in [-0.39, 0.29) is 0 Å². The average Bonchev–Trinajstić information content (AvgIpc) is 2.55. The van der Waals surface area contributed by atoms with Gasteiger partial charge in [0.1, 0.15) is 0 Å². The van der Waals surface area contributed by atoms with E-state index in [0.717, 1.165) is 12.3 Å². The van der Waals surface area contributed by atoms with Gasteiger partial charge in [-0.15, -0.1) is 11.6 Å². The Bertz CT molecular complexity index is 256. The summed E-state index contributed by atoms with van der Waals surface area (Å²) in [6.07, 6.45) is 11.1. The van der Waals surface area contributed by atoms with Gasteiger partial charge in [-0.1, -0.05) is 39.5 Å². The lowest BCUT2D eigenvalue weighted by atomic mass is 9.61. The van der Waals surface area contributed by atoms with Gasteiger partial charge in [0.05, 0.1) is 12.2 Å². The Balaban J connectivity index is 1.92. The maximum Gasteiger partial charge on any atom is 0.0663 e. The van der Waals surface area contributed by atoms with Gasteiger partial charge in [-0.25, -0.2) is 0 Å². The lowest BCUT2D eigenvalue weighted by Gasteiger charge is -2.54. The van der Waals surface area contributed by atoms with Crippen molar-refractivity contribution in [1.29, 1.82) is 0 Å². The molecule has 0 amide bonds. The van der Waals surface area contributed by atoms with Crippen molar-refractivity contribution in [2.45, 2.75) is 89.7 Å². The molecule has 1 spiro atoms. The molecule has 0 radical (unpaired) electrons. The van der Waals surface area contributed by atoms with Crippen molar-refractivity contribution < 1.29 is 4.74 Å². The Morgan fingerprint density at radius 1 is 1.11 bits per heavy atom. The highest BCUT2D eigenvalue weighted by Crippen LogP contribution is 2.55. The monoisotopic (exact) mass is 272 g/mol. The van der Waals surface area contributed by atoms with E-state index in [2.05, 4.69) is 20.8 Å². The fraction of sp³-hybridized carbons (Fsp3) is 1.00. The summed E-state index contributed by atoms with van der Waals surface area (Å²) < 4.78 is 6.33. The van der Waals surface area contributed by atoms with Crippen LogP contribution in [0.2, 0.25) is 0 Å². The van der Waals surface area contributed by atoms with Gasteiger partial charge in [0.2, 0.25) is 0 Å². The fourth-order valence-electron chi connectivity index (χ4n) is 3.91. The van der Waals surface area contributed by atoms with Crippen molar-refractivity contribution >= 4 is 11.6 Å². The maximum absolute atomic E-state index is 6.56. The molecule has 0 bridgehead atoms. The number of hydrogen-bond donors (Lipinski definition) is 0. The van der Waals surface area contributed by atoms with Crippen LogP contribution in [0.25, 0.3) is 0 Å². The molecule has 0 heterocycles. The second kappa shape index (κ2) is 6.13. The largest absolute Gasteiger partial charge is 0.375 e. The number of rotatable bonds is 4. The van der Waals surface area contributed by atoms with Crippen molar-refractivity contribution in [3.8, 4) is 0 Å². The predicted octanol–water partition coefficient (Wildman–Crippen LogP) is 5.16. The molecule has 18 heavy (non-hydrogen) atoms. The van der Waals surface area contributed by atoms with Crippen LogP contribution in [-0.4, -0.2) is 17.6 Å². The van der Waals surface area contributed by atoms with Crippen LogP contribution in [0.15, 0.2) is 0 Å². The van der Waals surface area contributed by atoms with Gasteiger partial charge in [0.25, 0.3) is 0 Å². The summed E-state index contributed by atoms with van der Waals surface area (Å²) >= 11 is 6.56. The smallest absolute Gasteiger partial charge is 0.0663 e. The van der Waals surface area contributed by atoms with E-state index < -0.39 is 0 Å². The molecular weight excluding hydrogens is 244 g/mol. The summed E-state index contributed by atoms with van der Waals surface area (Å²) in [5, 5.41) is 0.367. The van der Waals surface area contributed by atoms with Crippen molar-refractivity contribution in [2.24, 2.45) is 11.3 Å². The number of ether oxygens (including phenoxy) is 1. The average molecular weight is 273 g/mol. The number of hydrogen-bond acceptors (Lipinski definition) is 1. The first-order chi connectivity index (χ1) is 8.54. The quantitative estimate of drug-likeness (QED) is 0.643. The third-order valence-corrected chi connectivity index (χ3v) is 5.53. The summed E-state index contributed by atoms with van der Waals surface area (Å²) in [5.41, 5.74) is 0.323. The van der Waals surface area contributed by atoms with Gasteiger partial charge in [-0.05, 0) is 38.5 Å². The second-order valence-corrected chi connectivity index (χ2v) is 7.44. The van der Waals surface area contributed by atoms with Crippen LogP contribution in [0.3, 0.4) is 0 Å². The molecule has 2 fully saturated rings. The normalized spacial score (nSPS) is 33.2. The lowest BCUT2D eigenvalue weighted by Crippen LogP contribution is -2.56. The summed E-state index contributed by atoms with van der Waals surface area (Å²) in [6.45, 7) is 6.77. The fourth-order valence-corrected chi connectivity index (χ4v) is 4.43. The Kier molecular flexibility index (Phi) is 4.99. The van der Waals surface area contributed by atoms with E-state index in [1.807, 2.05) is 0 Å². The van der Waals surface area contributed by atoms with E-state index in [0.29, 0.717) is 23.0 Å². The van der Waals surface area contributed by atoms with Crippen molar-refractivity contribution in [3.05, 3.63) is 0 Å². The molecule has 0 aromatic rings. The van der Waals surface area contributed by atoms with Crippen LogP contribution >= 0.6 is 11.6 Å². The van der Waals surface area contributed by atoms with E-state index in [9.17, 15) is 0 Å². The van der Waals surface area contributed by atoms with Crippen LogP contribution in [0.1, 0.15) is 72.1 Å². The summed E-state index contributed by atoms with van der Waals surface area (Å²) in [4.78, 5) is 0. The van der Waals surface area contributed by atoms with Crippen LogP contribution in [0, 0.1) is 11.3 Å². The van der Waals surface area contributed by atoms with Gasteiger partial charge in [0, 0.05) is 10.8 Å². The first kappa shape index (κ1) is 14.7.